The van der Waals surface area contributed by atoms with E-state index < -0.39 is 30.2 Å². The summed E-state index contributed by atoms with van der Waals surface area (Å²) in [5.41, 5.74) is -6.16. The van der Waals surface area contributed by atoms with E-state index in [0.29, 0.717) is 19.4 Å². The van der Waals surface area contributed by atoms with Crippen molar-refractivity contribution in [1.29, 1.82) is 0 Å². The third-order valence-corrected chi connectivity index (χ3v) is 4.01. The first-order valence-electron chi connectivity index (χ1n) is 6.41. The molecule has 22 heavy (non-hydrogen) atoms. The van der Waals surface area contributed by atoms with Crippen LogP contribution in [0.5, 0.6) is 0 Å². The molecule has 2 atom stereocenters. The molecule has 2 rings (SSSR count). The summed E-state index contributed by atoms with van der Waals surface area (Å²) >= 11 is 0. The van der Waals surface area contributed by atoms with Crippen LogP contribution < -0.4 is 0 Å². The zero-order valence-corrected chi connectivity index (χ0v) is 10.9. The van der Waals surface area contributed by atoms with E-state index in [4.69, 9.17) is 0 Å². The Kier molecular flexibility index (Phi) is 4.13. The highest BCUT2D eigenvalue weighted by Gasteiger charge is 2.86. The molecule has 0 N–H and O–H groups in total. The molecule has 1 unspecified atom stereocenters. The molecule has 2 nitrogen and oxygen atoms in total. The lowest BCUT2D eigenvalue weighted by molar-refractivity contribution is -0.463. The molecular weight excluding hydrogens is 333 g/mol. The van der Waals surface area contributed by atoms with Crippen LogP contribution in [0.1, 0.15) is 19.3 Å². The Bertz CT molecular complexity index is 365. The highest BCUT2D eigenvalue weighted by molar-refractivity contribution is 5.04. The van der Waals surface area contributed by atoms with E-state index in [2.05, 4.69) is 4.74 Å². The summed E-state index contributed by atoms with van der Waals surface area (Å²) in [6.45, 7) is 0.0657. The van der Waals surface area contributed by atoms with Crippen LogP contribution in [0.3, 0.4) is 0 Å². The average molecular weight is 345 g/mol. The summed E-state index contributed by atoms with van der Waals surface area (Å²) < 4.78 is 118. The first-order chi connectivity index (χ1) is 9.79. The van der Waals surface area contributed by atoms with E-state index in [9.17, 15) is 39.5 Å². The second-order valence-corrected chi connectivity index (χ2v) is 5.44. The minimum Gasteiger partial charge on any atom is -0.346 e. The molecule has 2 aliphatic heterocycles. The first-order valence-corrected chi connectivity index (χ1v) is 6.41. The fourth-order valence-electron chi connectivity index (χ4n) is 3.06. The minimum absolute atomic E-state index is 0.274. The van der Waals surface area contributed by atoms with Crippen LogP contribution in [0.15, 0.2) is 0 Å². The molecule has 0 aromatic heterocycles. The van der Waals surface area contributed by atoms with Gasteiger partial charge in [0.25, 0.3) is 0 Å². The summed E-state index contributed by atoms with van der Waals surface area (Å²) in [5, 5.41) is 0. The summed E-state index contributed by atoms with van der Waals surface area (Å²) in [5.74, 6) is 0. The Labute approximate surface area is 119 Å². The van der Waals surface area contributed by atoms with Crippen molar-refractivity contribution in [3.8, 4) is 0 Å². The van der Waals surface area contributed by atoms with Gasteiger partial charge in [0, 0.05) is 12.6 Å². The molecule has 2 saturated heterocycles. The number of alkyl halides is 9. The Hall–Kier alpha value is -0.710. The Morgan fingerprint density at radius 2 is 1.32 bits per heavy atom. The fraction of sp³-hybridized carbons (Fsp3) is 1.00. The molecule has 0 spiro atoms. The van der Waals surface area contributed by atoms with Gasteiger partial charge in [-0.2, -0.15) is 39.5 Å². The Balaban J connectivity index is 2.33. The molecule has 130 valence electrons. The zero-order valence-electron chi connectivity index (χ0n) is 10.9. The number of rotatable bonds is 2. The van der Waals surface area contributed by atoms with Gasteiger partial charge in [0.1, 0.15) is 0 Å². The van der Waals surface area contributed by atoms with Gasteiger partial charge >= 0.3 is 24.1 Å². The average Bonchev–Trinajstić information content (AvgIpc) is 2.79. The van der Waals surface area contributed by atoms with Gasteiger partial charge in [-0.25, -0.2) is 0 Å². The van der Waals surface area contributed by atoms with Crippen molar-refractivity contribution in [2.75, 3.05) is 13.1 Å². The third kappa shape index (κ3) is 2.66. The quantitative estimate of drug-likeness (QED) is 0.708. The zero-order chi connectivity index (χ0) is 17.0. The van der Waals surface area contributed by atoms with E-state index in [1.54, 1.807) is 4.90 Å². The van der Waals surface area contributed by atoms with E-state index in [1.807, 2.05) is 0 Å². The Morgan fingerprint density at radius 3 is 1.73 bits per heavy atom. The van der Waals surface area contributed by atoms with Gasteiger partial charge in [0.2, 0.25) is 0 Å². The Morgan fingerprint density at radius 1 is 0.818 bits per heavy atom. The molecular formula is C11H12F9NO. The lowest BCUT2D eigenvalue weighted by atomic mass is 10.0. The standard InChI is InChI=1S/C11H12F9NO/c12-9(13,14)8(10(15,16)17,11(18,19)20)22-7-4-6-2-1-3-21(6)5-7/h6-7H,1-5H2/t6?,7-/m1/s1. The van der Waals surface area contributed by atoms with Gasteiger partial charge < -0.3 is 4.74 Å². The highest BCUT2D eigenvalue weighted by atomic mass is 19.4. The SMILES string of the molecule is FC(F)(F)C(O[C@@H]1CC2CCCN2C1)(C(F)(F)F)C(F)(F)F. The number of halogens is 9. The lowest BCUT2D eigenvalue weighted by Gasteiger charge is -2.39. The number of nitrogens with zero attached hydrogens (tertiary/aromatic N) is 1. The molecule has 2 fully saturated rings. The van der Waals surface area contributed by atoms with Crippen LogP contribution in [-0.4, -0.2) is 54.3 Å². The van der Waals surface area contributed by atoms with E-state index in [1.165, 1.54) is 0 Å². The number of ether oxygens (including phenoxy) is 1. The summed E-state index contributed by atoms with van der Waals surface area (Å²) in [4.78, 5) is 1.55. The fourth-order valence-corrected chi connectivity index (χ4v) is 3.06. The summed E-state index contributed by atoms with van der Waals surface area (Å²) in [6, 6.07) is -0.322. The van der Waals surface area contributed by atoms with Gasteiger partial charge in [-0.1, -0.05) is 0 Å². The monoisotopic (exact) mass is 345 g/mol. The van der Waals surface area contributed by atoms with Gasteiger partial charge in [0.15, 0.2) is 0 Å². The van der Waals surface area contributed by atoms with Crippen LogP contribution in [0.4, 0.5) is 39.5 Å². The maximum Gasteiger partial charge on any atom is 0.435 e. The summed E-state index contributed by atoms with van der Waals surface area (Å²) in [7, 11) is 0. The molecule has 11 heteroatoms. The van der Waals surface area contributed by atoms with E-state index in [0.717, 1.165) is 0 Å². The van der Waals surface area contributed by atoms with Crippen molar-refractivity contribution in [2.24, 2.45) is 0 Å². The van der Waals surface area contributed by atoms with Crippen molar-refractivity contribution in [3.63, 3.8) is 0 Å². The maximum absolute atomic E-state index is 12.7. The van der Waals surface area contributed by atoms with Crippen LogP contribution in [-0.2, 0) is 4.74 Å². The molecule has 0 radical (unpaired) electrons. The largest absolute Gasteiger partial charge is 0.435 e. The third-order valence-electron chi connectivity index (χ3n) is 4.01. The second kappa shape index (κ2) is 5.15. The molecule has 0 saturated carbocycles. The van der Waals surface area contributed by atoms with Crippen molar-refractivity contribution in [2.45, 2.75) is 55.5 Å². The summed E-state index contributed by atoms with van der Waals surface area (Å²) in [6.07, 6.45) is -20.8. The normalized spacial score (nSPS) is 28.2. The van der Waals surface area contributed by atoms with E-state index >= 15 is 0 Å². The molecule has 2 heterocycles. The lowest BCUT2D eigenvalue weighted by Crippen LogP contribution is -2.68. The molecule has 0 bridgehead atoms. The van der Waals surface area contributed by atoms with Gasteiger partial charge in [-0.3, -0.25) is 4.90 Å². The predicted molar refractivity (Wildman–Crippen MR) is 55.0 cm³/mol. The first kappa shape index (κ1) is 17.6. The number of hydrogen-bond donors (Lipinski definition) is 0. The van der Waals surface area contributed by atoms with Gasteiger partial charge in [0.05, 0.1) is 6.10 Å². The van der Waals surface area contributed by atoms with Crippen molar-refractivity contribution in [1.82, 2.24) is 4.90 Å². The number of hydrogen-bond acceptors (Lipinski definition) is 2. The molecule has 0 aliphatic carbocycles. The van der Waals surface area contributed by atoms with Gasteiger partial charge in [-0.15, -0.1) is 0 Å². The second-order valence-electron chi connectivity index (χ2n) is 5.44. The predicted octanol–water partition coefficient (Wildman–Crippen LogP) is 3.67. The topological polar surface area (TPSA) is 12.5 Å². The molecule has 0 amide bonds. The maximum atomic E-state index is 12.7. The van der Waals surface area contributed by atoms with Crippen molar-refractivity contribution < 1.29 is 44.3 Å². The van der Waals surface area contributed by atoms with Crippen molar-refractivity contribution >= 4 is 0 Å². The van der Waals surface area contributed by atoms with Crippen LogP contribution in [0, 0.1) is 0 Å². The van der Waals surface area contributed by atoms with E-state index in [-0.39, 0.29) is 19.0 Å². The van der Waals surface area contributed by atoms with Crippen LogP contribution >= 0.6 is 0 Å². The molecule has 0 aromatic rings. The van der Waals surface area contributed by atoms with Crippen LogP contribution in [0.25, 0.3) is 0 Å². The smallest absolute Gasteiger partial charge is 0.346 e. The van der Waals surface area contributed by atoms with Crippen LogP contribution in [0.2, 0.25) is 0 Å². The highest BCUT2D eigenvalue weighted by Crippen LogP contribution is 2.56. The minimum atomic E-state index is -6.66. The molecule has 2 aliphatic rings. The van der Waals surface area contributed by atoms with Crippen molar-refractivity contribution in [3.05, 3.63) is 0 Å². The number of fused-ring (bicyclic) bond motifs is 1. The molecule has 0 aromatic carbocycles. The van der Waals surface area contributed by atoms with Gasteiger partial charge in [-0.05, 0) is 25.8 Å².